The molecule has 8 nitrogen and oxygen atoms in total. The summed E-state index contributed by atoms with van der Waals surface area (Å²) in [4.78, 5) is 47.7. The minimum atomic E-state index is -0.491. The number of aromatic nitrogens is 2. The molecule has 4 rings (SSSR count). The number of hydrogen-bond donors (Lipinski definition) is 0. The summed E-state index contributed by atoms with van der Waals surface area (Å²) in [6.07, 6.45) is 2.57. The third-order valence-electron chi connectivity index (χ3n) is 4.22. The highest BCUT2D eigenvalue weighted by molar-refractivity contribution is 6.33. The number of fused-ring (bicyclic) bond motifs is 1. The summed E-state index contributed by atoms with van der Waals surface area (Å²) < 4.78 is 5.24. The average Bonchev–Trinajstić information content (AvgIpc) is 2.93. The van der Waals surface area contributed by atoms with Gasteiger partial charge in [-0.05, 0) is 24.3 Å². The van der Waals surface area contributed by atoms with E-state index in [1.54, 1.807) is 29.2 Å². The van der Waals surface area contributed by atoms with Crippen LogP contribution >= 0.6 is 0 Å². The molecule has 8 heteroatoms. The molecule has 2 aliphatic rings. The van der Waals surface area contributed by atoms with Gasteiger partial charge in [0.05, 0.1) is 24.5 Å². The molecule has 1 aromatic heterocycles. The lowest BCUT2D eigenvalue weighted by atomic mass is 10.1. The van der Waals surface area contributed by atoms with Gasteiger partial charge in [-0.15, -0.1) is 0 Å². The number of rotatable bonds is 2. The van der Waals surface area contributed by atoms with Crippen molar-refractivity contribution in [1.82, 2.24) is 14.9 Å². The van der Waals surface area contributed by atoms with E-state index in [-0.39, 0.29) is 17.2 Å². The lowest BCUT2D eigenvalue weighted by Crippen LogP contribution is -2.40. The number of benzene rings is 1. The Hall–Kier alpha value is -3.13. The van der Waals surface area contributed by atoms with Crippen molar-refractivity contribution in [3.8, 4) is 0 Å². The van der Waals surface area contributed by atoms with Crippen molar-refractivity contribution < 1.29 is 19.1 Å². The first-order chi connectivity index (χ1) is 12.2. The molecule has 25 heavy (non-hydrogen) atoms. The fraction of sp³-hybridized carbons (Fsp3) is 0.235. The summed E-state index contributed by atoms with van der Waals surface area (Å²) >= 11 is 0. The number of morpholine rings is 1. The minimum Gasteiger partial charge on any atom is -0.378 e. The minimum absolute atomic E-state index is 0.0912. The number of imide groups is 1. The van der Waals surface area contributed by atoms with Crippen LogP contribution in [0.5, 0.6) is 0 Å². The normalized spacial score (nSPS) is 17.0. The fourth-order valence-corrected chi connectivity index (χ4v) is 2.91. The second kappa shape index (κ2) is 6.06. The van der Waals surface area contributed by atoms with E-state index in [4.69, 9.17) is 4.74 Å². The van der Waals surface area contributed by atoms with Gasteiger partial charge in [-0.25, -0.2) is 14.9 Å². The van der Waals surface area contributed by atoms with Crippen LogP contribution in [0.25, 0.3) is 0 Å². The zero-order valence-corrected chi connectivity index (χ0v) is 13.2. The lowest BCUT2D eigenvalue weighted by Gasteiger charge is -2.27. The van der Waals surface area contributed by atoms with Gasteiger partial charge >= 0.3 is 0 Å². The van der Waals surface area contributed by atoms with Crippen LogP contribution in [-0.2, 0) is 4.74 Å². The first kappa shape index (κ1) is 15.4. The fourth-order valence-electron chi connectivity index (χ4n) is 2.91. The van der Waals surface area contributed by atoms with Gasteiger partial charge in [0.25, 0.3) is 17.7 Å². The zero-order valence-electron chi connectivity index (χ0n) is 13.2. The molecular weight excluding hydrogens is 324 g/mol. The van der Waals surface area contributed by atoms with E-state index in [9.17, 15) is 14.4 Å². The number of hydrogen-bond acceptors (Lipinski definition) is 6. The second-order valence-corrected chi connectivity index (χ2v) is 5.68. The molecule has 2 aromatic rings. The maximum Gasteiger partial charge on any atom is 0.284 e. The molecular formula is C17H14N4O4. The number of ether oxygens (including phenoxy) is 1. The van der Waals surface area contributed by atoms with E-state index in [1.165, 1.54) is 12.5 Å². The van der Waals surface area contributed by atoms with Crippen LogP contribution in [0, 0.1) is 0 Å². The van der Waals surface area contributed by atoms with Crippen molar-refractivity contribution in [1.29, 1.82) is 0 Å². The SMILES string of the molecule is O=C(c1ccc(N2C(=O)c3cncnc3C2=O)cc1)N1CCOCC1. The highest BCUT2D eigenvalue weighted by Crippen LogP contribution is 2.27. The molecule has 0 spiro atoms. The van der Waals surface area contributed by atoms with E-state index in [2.05, 4.69) is 9.97 Å². The van der Waals surface area contributed by atoms with Crippen LogP contribution in [0.3, 0.4) is 0 Å². The molecule has 3 amide bonds. The molecule has 2 aliphatic heterocycles. The Kier molecular flexibility index (Phi) is 3.73. The molecule has 0 saturated carbocycles. The third-order valence-corrected chi connectivity index (χ3v) is 4.22. The topological polar surface area (TPSA) is 92.7 Å². The predicted octanol–water partition coefficient (Wildman–Crippen LogP) is 0.750. The van der Waals surface area contributed by atoms with Gasteiger partial charge < -0.3 is 9.64 Å². The van der Waals surface area contributed by atoms with E-state index < -0.39 is 11.8 Å². The van der Waals surface area contributed by atoms with E-state index >= 15 is 0 Å². The van der Waals surface area contributed by atoms with Crippen LogP contribution in [0.4, 0.5) is 5.69 Å². The van der Waals surface area contributed by atoms with Crippen molar-refractivity contribution in [2.24, 2.45) is 0 Å². The molecule has 1 fully saturated rings. The first-order valence-electron chi connectivity index (χ1n) is 7.82. The first-order valence-corrected chi connectivity index (χ1v) is 7.82. The Balaban J connectivity index is 1.58. The summed E-state index contributed by atoms with van der Waals surface area (Å²) in [5, 5.41) is 0. The standard InChI is InChI=1S/C17H14N4O4/c22-15(20-5-7-25-8-6-20)11-1-3-12(4-2-11)21-16(23)13-9-18-10-19-14(13)17(21)24/h1-4,9-10H,5-8H2. The van der Waals surface area contributed by atoms with Gasteiger partial charge in [0.15, 0.2) is 0 Å². The molecule has 126 valence electrons. The van der Waals surface area contributed by atoms with Crippen LogP contribution in [0.2, 0.25) is 0 Å². The summed E-state index contributed by atoms with van der Waals surface area (Å²) in [7, 11) is 0. The van der Waals surface area contributed by atoms with Gasteiger partial charge in [0.1, 0.15) is 12.0 Å². The molecule has 3 heterocycles. The van der Waals surface area contributed by atoms with Crippen LogP contribution in [0.15, 0.2) is 36.8 Å². The van der Waals surface area contributed by atoms with Crippen molar-refractivity contribution in [3.63, 3.8) is 0 Å². The van der Waals surface area contributed by atoms with Crippen molar-refractivity contribution in [2.45, 2.75) is 0 Å². The van der Waals surface area contributed by atoms with E-state index in [1.807, 2.05) is 0 Å². The Morgan fingerprint density at radius 1 is 1.04 bits per heavy atom. The molecule has 0 N–H and O–H groups in total. The van der Waals surface area contributed by atoms with Crippen LogP contribution in [-0.4, -0.2) is 58.9 Å². The number of carbonyl (C=O) groups excluding carboxylic acids is 3. The number of amides is 3. The molecule has 1 saturated heterocycles. The molecule has 0 aliphatic carbocycles. The van der Waals surface area contributed by atoms with Crippen molar-refractivity contribution in [2.75, 3.05) is 31.2 Å². The summed E-state index contributed by atoms with van der Waals surface area (Å²) in [5.74, 6) is -1.05. The van der Waals surface area contributed by atoms with Gasteiger partial charge in [-0.1, -0.05) is 0 Å². The maximum atomic E-state index is 12.4. The smallest absolute Gasteiger partial charge is 0.284 e. The highest BCUT2D eigenvalue weighted by atomic mass is 16.5. The molecule has 0 bridgehead atoms. The summed E-state index contributed by atoms with van der Waals surface area (Å²) in [5.41, 5.74) is 1.17. The summed E-state index contributed by atoms with van der Waals surface area (Å²) in [6.45, 7) is 2.16. The van der Waals surface area contributed by atoms with Gasteiger partial charge in [0, 0.05) is 24.8 Å². The third kappa shape index (κ3) is 2.56. The number of nitrogens with zero attached hydrogens (tertiary/aromatic N) is 4. The molecule has 1 aromatic carbocycles. The maximum absolute atomic E-state index is 12.4. The number of anilines is 1. The molecule has 0 unspecified atom stereocenters. The average molecular weight is 338 g/mol. The van der Waals surface area contributed by atoms with E-state index in [0.717, 1.165) is 4.90 Å². The zero-order chi connectivity index (χ0) is 17.4. The molecule has 0 radical (unpaired) electrons. The van der Waals surface area contributed by atoms with Crippen molar-refractivity contribution in [3.05, 3.63) is 53.6 Å². The van der Waals surface area contributed by atoms with Crippen LogP contribution in [0.1, 0.15) is 31.2 Å². The monoisotopic (exact) mass is 338 g/mol. The van der Waals surface area contributed by atoms with Crippen molar-refractivity contribution >= 4 is 23.4 Å². The quantitative estimate of drug-likeness (QED) is 0.750. The predicted molar refractivity (Wildman–Crippen MR) is 86.3 cm³/mol. The summed E-state index contributed by atoms with van der Waals surface area (Å²) in [6, 6.07) is 6.40. The largest absolute Gasteiger partial charge is 0.378 e. The van der Waals surface area contributed by atoms with Crippen LogP contribution < -0.4 is 4.90 Å². The second-order valence-electron chi connectivity index (χ2n) is 5.68. The van der Waals surface area contributed by atoms with E-state index in [0.29, 0.717) is 37.6 Å². The Morgan fingerprint density at radius 2 is 1.76 bits per heavy atom. The molecule has 0 atom stereocenters. The lowest BCUT2D eigenvalue weighted by molar-refractivity contribution is 0.0303. The Bertz CT molecular complexity index is 824. The Labute approximate surface area is 143 Å². The van der Waals surface area contributed by atoms with Gasteiger partial charge in [-0.2, -0.15) is 0 Å². The van der Waals surface area contributed by atoms with Gasteiger partial charge in [0.2, 0.25) is 0 Å². The Morgan fingerprint density at radius 3 is 2.44 bits per heavy atom. The van der Waals surface area contributed by atoms with Gasteiger partial charge in [-0.3, -0.25) is 14.4 Å². The highest BCUT2D eigenvalue weighted by Gasteiger charge is 2.38. The number of carbonyl (C=O) groups is 3.